The van der Waals surface area contributed by atoms with Crippen LogP contribution in [0.25, 0.3) is 43.1 Å². The molecule has 0 bridgehead atoms. The predicted molar refractivity (Wildman–Crippen MR) is 121 cm³/mol. The Hall–Kier alpha value is -3.71. The quantitative estimate of drug-likeness (QED) is 0.422. The van der Waals surface area contributed by atoms with E-state index in [1.165, 1.54) is 0 Å². The van der Waals surface area contributed by atoms with E-state index in [2.05, 4.69) is 21.7 Å². The number of para-hydroxylation sites is 1. The van der Waals surface area contributed by atoms with Crippen LogP contribution in [0, 0.1) is 0 Å². The molecule has 4 heterocycles. The molecule has 0 aliphatic rings. The van der Waals surface area contributed by atoms with Gasteiger partial charge >= 0.3 is 5.69 Å². The van der Waals surface area contributed by atoms with Crippen LogP contribution in [0.1, 0.15) is 6.92 Å². The van der Waals surface area contributed by atoms with Gasteiger partial charge in [0.2, 0.25) is 0 Å². The van der Waals surface area contributed by atoms with Gasteiger partial charge < -0.3 is 0 Å². The first-order valence-electron chi connectivity index (χ1n) is 9.78. The first-order valence-corrected chi connectivity index (χ1v) is 10.6. The van der Waals surface area contributed by atoms with Crippen molar-refractivity contribution in [2.24, 2.45) is 0 Å². The molecule has 7 heteroatoms. The summed E-state index contributed by atoms with van der Waals surface area (Å²) in [6.45, 7) is 2.57. The van der Waals surface area contributed by atoms with E-state index in [4.69, 9.17) is 4.98 Å². The summed E-state index contributed by atoms with van der Waals surface area (Å²) in [7, 11) is 0. The third kappa shape index (κ3) is 2.39. The summed E-state index contributed by atoms with van der Waals surface area (Å²) in [5.74, 6) is 0. The standard InChI is InChI=1S/C23H17N5OS/c1-2-26-19-7-5-12-24-21(19)28(23(26)29)16-9-10-18-15(14-16)11-13-27(18)22-25-17-6-3-4-8-20(17)30-22/h3-14H,2H2,1H3. The fourth-order valence-electron chi connectivity index (χ4n) is 4.02. The average Bonchev–Trinajstić information content (AvgIpc) is 3.45. The molecule has 30 heavy (non-hydrogen) atoms. The molecular weight excluding hydrogens is 394 g/mol. The molecule has 0 saturated carbocycles. The summed E-state index contributed by atoms with van der Waals surface area (Å²) < 4.78 is 6.70. The van der Waals surface area contributed by atoms with Gasteiger partial charge in [-0.2, -0.15) is 0 Å². The molecule has 0 aliphatic heterocycles. The highest BCUT2D eigenvalue weighted by Gasteiger charge is 2.16. The molecule has 2 aromatic carbocycles. The molecule has 146 valence electrons. The maximum atomic E-state index is 13.1. The molecule has 0 radical (unpaired) electrons. The number of pyridine rings is 1. The molecule has 0 unspecified atom stereocenters. The van der Waals surface area contributed by atoms with Gasteiger partial charge in [-0.3, -0.25) is 9.13 Å². The number of nitrogens with zero attached hydrogens (tertiary/aromatic N) is 5. The van der Waals surface area contributed by atoms with Gasteiger partial charge in [-0.05, 0) is 55.5 Å². The van der Waals surface area contributed by atoms with Gasteiger partial charge in [0.25, 0.3) is 0 Å². The van der Waals surface area contributed by atoms with Crippen LogP contribution in [-0.2, 0) is 6.54 Å². The SMILES string of the molecule is CCn1c(=O)n(-c2ccc3c(ccn3-c3nc4ccccc4s3)c2)c2ncccc21. The van der Waals surface area contributed by atoms with Crippen molar-refractivity contribution in [3.63, 3.8) is 0 Å². The molecule has 6 rings (SSSR count). The molecule has 0 amide bonds. The van der Waals surface area contributed by atoms with E-state index in [0.29, 0.717) is 12.2 Å². The number of thiazole rings is 1. The van der Waals surface area contributed by atoms with Crippen LogP contribution < -0.4 is 5.69 Å². The van der Waals surface area contributed by atoms with Gasteiger partial charge in [0, 0.05) is 24.3 Å². The van der Waals surface area contributed by atoms with Gasteiger partial charge in [-0.15, -0.1) is 0 Å². The maximum absolute atomic E-state index is 13.1. The average molecular weight is 411 g/mol. The van der Waals surface area contributed by atoms with Crippen molar-refractivity contribution in [1.82, 2.24) is 23.7 Å². The summed E-state index contributed by atoms with van der Waals surface area (Å²) in [5.41, 5.74) is 4.31. The lowest BCUT2D eigenvalue weighted by Crippen LogP contribution is -2.22. The number of imidazole rings is 1. The van der Waals surface area contributed by atoms with Gasteiger partial charge in [0.15, 0.2) is 10.8 Å². The lowest BCUT2D eigenvalue weighted by molar-refractivity contribution is 0.734. The number of rotatable bonds is 3. The van der Waals surface area contributed by atoms with Crippen molar-refractivity contribution >= 4 is 43.6 Å². The molecule has 6 nitrogen and oxygen atoms in total. The highest BCUT2D eigenvalue weighted by molar-refractivity contribution is 7.20. The van der Waals surface area contributed by atoms with Gasteiger partial charge in [-0.1, -0.05) is 23.5 Å². The number of hydrogen-bond acceptors (Lipinski definition) is 4. The van der Waals surface area contributed by atoms with Gasteiger partial charge in [0.1, 0.15) is 0 Å². The topological polar surface area (TPSA) is 57.6 Å². The molecule has 0 spiro atoms. The zero-order valence-corrected chi connectivity index (χ0v) is 17.0. The zero-order valence-electron chi connectivity index (χ0n) is 16.2. The van der Waals surface area contributed by atoms with E-state index in [0.717, 1.165) is 37.5 Å². The first kappa shape index (κ1) is 17.2. The van der Waals surface area contributed by atoms with Crippen molar-refractivity contribution in [1.29, 1.82) is 0 Å². The Bertz CT molecular complexity index is 1580. The third-order valence-electron chi connectivity index (χ3n) is 5.43. The molecule has 0 atom stereocenters. The fraction of sp³-hybridized carbons (Fsp3) is 0.0870. The van der Waals surface area contributed by atoms with Crippen LogP contribution in [0.3, 0.4) is 0 Å². The Kier molecular flexibility index (Phi) is 3.66. The summed E-state index contributed by atoms with van der Waals surface area (Å²) >= 11 is 1.66. The highest BCUT2D eigenvalue weighted by atomic mass is 32.1. The van der Waals surface area contributed by atoms with E-state index in [1.807, 2.05) is 61.7 Å². The monoisotopic (exact) mass is 411 g/mol. The number of aryl methyl sites for hydroxylation is 1. The Morgan fingerprint density at radius 3 is 2.77 bits per heavy atom. The Balaban J connectivity index is 1.54. The minimum absolute atomic E-state index is 0.0730. The Morgan fingerprint density at radius 1 is 1.00 bits per heavy atom. The summed E-state index contributed by atoms with van der Waals surface area (Å²) in [6.07, 6.45) is 3.75. The number of fused-ring (bicyclic) bond motifs is 3. The first-order chi connectivity index (χ1) is 14.7. The normalized spacial score (nSPS) is 11.8. The number of benzene rings is 2. The molecular formula is C23H17N5OS. The van der Waals surface area contributed by atoms with Crippen LogP contribution in [0.2, 0.25) is 0 Å². The van der Waals surface area contributed by atoms with Crippen LogP contribution in [0.15, 0.2) is 77.9 Å². The minimum atomic E-state index is -0.0730. The van der Waals surface area contributed by atoms with Crippen molar-refractivity contribution in [2.75, 3.05) is 0 Å². The largest absolute Gasteiger partial charge is 0.334 e. The summed E-state index contributed by atoms with van der Waals surface area (Å²) in [5, 5.41) is 1.98. The van der Waals surface area contributed by atoms with Gasteiger partial charge in [-0.25, -0.2) is 19.3 Å². The second-order valence-corrected chi connectivity index (χ2v) is 8.11. The van der Waals surface area contributed by atoms with Crippen molar-refractivity contribution < 1.29 is 0 Å². The van der Waals surface area contributed by atoms with E-state index in [-0.39, 0.29) is 5.69 Å². The summed E-state index contributed by atoms with van der Waals surface area (Å²) in [6, 6.07) is 20.1. The second kappa shape index (κ2) is 6.40. The van der Waals surface area contributed by atoms with E-state index < -0.39 is 0 Å². The number of hydrogen-bond donors (Lipinski definition) is 0. The van der Waals surface area contributed by atoms with Crippen LogP contribution in [0.5, 0.6) is 0 Å². The van der Waals surface area contributed by atoms with Crippen molar-refractivity contribution in [2.45, 2.75) is 13.5 Å². The molecule has 0 saturated heterocycles. The molecule has 0 aliphatic carbocycles. The smallest absolute Gasteiger partial charge is 0.293 e. The van der Waals surface area contributed by atoms with Crippen LogP contribution in [0.4, 0.5) is 0 Å². The summed E-state index contributed by atoms with van der Waals surface area (Å²) in [4.78, 5) is 22.3. The lowest BCUT2D eigenvalue weighted by atomic mass is 10.2. The van der Waals surface area contributed by atoms with E-state index in [9.17, 15) is 4.79 Å². The Labute approximate surface area is 175 Å². The number of aromatic nitrogens is 5. The zero-order chi connectivity index (χ0) is 20.2. The lowest BCUT2D eigenvalue weighted by Gasteiger charge is -2.05. The van der Waals surface area contributed by atoms with Crippen LogP contribution in [-0.4, -0.2) is 23.7 Å². The second-order valence-electron chi connectivity index (χ2n) is 7.10. The molecule has 4 aromatic heterocycles. The van der Waals surface area contributed by atoms with E-state index >= 15 is 0 Å². The van der Waals surface area contributed by atoms with E-state index in [1.54, 1.807) is 26.7 Å². The predicted octanol–water partition coefficient (Wildman–Crippen LogP) is 4.76. The minimum Gasteiger partial charge on any atom is -0.293 e. The molecule has 0 N–H and O–H groups in total. The third-order valence-corrected chi connectivity index (χ3v) is 6.46. The Morgan fingerprint density at radius 2 is 1.90 bits per heavy atom. The molecule has 6 aromatic rings. The highest BCUT2D eigenvalue weighted by Crippen LogP contribution is 2.29. The van der Waals surface area contributed by atoms with Crippen molar-refractivity contribution in [3.05, 3.63) is 83.5 Å². The molecule has 0 fully saturated rings. The fourth-order valence-corrected chi connectivity index (χ4v) is 4.99. The van der Waals surface area contributed by atoms with Gasteiger partial charge in [0.05, 0.1) is 26.9 Å². The van der Waals surface area contributed by atoms with Crippen LogP contribution >= 0.6 is 11.3 Å². The maximum Gasteiger partial charge on any atom is 0.334 e. The van der Waals surface area contributed by atoms with Crippen molar-refractivity contribution in [3.8, 4) is 10.8 Å².